The third-order valence-electron chi connectivity index (χ3n) is 3.31. The minimum atomic E-state index is -0.148. The molecule has 99 valence electrons. The molecule has 1 radical (unpaired) electrons. The van der Waals surface area contributed by atoms with E-state index >= 15 is 0 Å². The maximum absolute atomic E-state index is 5.73. The zero-order valence-corrected chi connectivity index (χ0v) is 11.6. The van der Waals surface area contributed by atoms with Crippen LogP contribution in [-0.2, 0) is 4.74 Å². The summed E-state index contributed by atoms with van der Waals surface area (Å²) in [5.74, 6) is 0. The second-order valence-corrected chi connectivity index (χ2v) is 4.87. The molecule has 0 saturated carbocycles. The molecule has 4 heteroatoms. The Balaban J connectivity index is 1.81. The molecule has 1 aromatic carbocycles. The Morgan fingerprint density at radius 3 is 2.90 bits per heavy atom. The molecule has 1 aliphatic rings. The highest BCUT2D eigenvalue weighted by atomic mass is 16.5. The Kier molecular flexibility index (Phi) is 3.46. The molecule has 1 N–H and O–H groups in total. The number of aromatic nitrogens is 1. The number of pyridine rings is 1. The van der Waals surface area contributed by atoms with Gasteiger partial charge in [-0.15, -0.1) is 0 Å². The van der Waals surface area contributed by atoms with Crippen LogP contribution in [0, 0.1) is 6.92 Å². The van der Waals surface area contributed by atoms with E-state index in [1.165, 1.54) is 11.0 Å². The van der Waals surface area contributed by atoms with Gasteiger partial charge in [-0.25, -0.2) is 0 Å². The molecular formula is C16H16BN2O. The van der Waals surface area contributed by atoms with Gasteiger partial charge < -0.3 is 10.1 Å². The number of benzene rings is 1. The summed E-state index contributed by atoms with van der Waals surface area (Å²) in [4.78, 5) is 4.32. The predicted molar refractivity (Wildman–Crippen MR) is 81.6 cm³/mol. The van der Waals surface area contributed by atoms with Crippen molar-refractivity contribution < 1.29 is 4.74 Å². The summed E-state index contributed by atoms with van der Waals surface area (Å²) in [6.07, 6.45) is 3.37. The van der Waals surface area contributed by atoms with E-state index in [1.54, 1.807) is 12.5 Å². The van der Waals surface area contributed by atoms with E-state index in [9.17, 15) is 0 Å². The first-order valence-corrected chi connectivity index (χ1v) is 6.71. The molecule has 1 atom stereocenters. The highest BCUT2D eigenvalue weighted by molar-refractivity contribution is 6.51. The van der Waals surface area contributed by atoms with Gasteiger partial charge in [0.25, 0.3) is 0 Å². The van der Waals surface area contributed by atoms with Gasteiger partial charge in [-0.3, -0.25) is 4.98 Å². The van der Waals surface area contributed by atoms with Crippen molar-refractivity contribution in [2.45, 2.75) is 20.0 Å². The van der Waals surface area contributed by atoms with Gasteiger partial charge in [0.05, 0.1) is 11.4 Å². The first-order chi connectivity index (χ1) is 9.76. The number of hydrogen-bond donors (Lipinski definition) is 1. The van der Waals surface area contributed by atoms with Crippen molar-refractivity contribution in [1.82, 2.24) is 10.3 Å². The average Bonchev–Trinajstić information content (AvgIpc) is 2.97. The SMILES string of the molecule is C[B]c1cc(C)cc(C2NC(c3ccccn3)=CO2)c1. The van der Waals surface area contributed by atoms with Crippen LogP contribution in [-0.4, -0.2) is 12.3 Å². The summed E-state index contributed by atoms with van der Waals surface area (Å²) in [6, 6.07) is 12.3. The quantitative estimate of drug-likeness (QED) is 0.863. The van der Waals surface area contributed by atoms with Gasteiger partial charge >= 0.3 is 0 Å². The summed E-state index contributed by atoms with van der Waals surface area (Å²) in [5.41, 5.74) is 5.37. The second kappa shape index (κ2) is 5.41. The highest BCUT2D eigenvalue weighted by Crippen LogP contribution is 2.25. The molecular weight excluding hydrogens is 247 g/mol. The molecule has 0 amide bonds. The minimum absolute atomic E-state index is 0.148. The van der Waals surface area contributed by atoms with Crippen molar-refractivity contribution in [3.8, 4) is 0 Å². The maximum Gasteiger partial charge on any atom is 0.195 e. The molecule has 0 bridgehead atoms. The summed E-state index contributed by atoms with van der Waals surface area (Å²) >= 11 is 0. The van der Waals surface area contributed by atoms with Gasteiger partial charge in [0.2, 0.25) is 0 Å². The zero-order chi connectivity index (χ0) is 13.9. The number of nitrogens with zero attached hydrogens (tertiary/aromatic N) is 1. The number of nitrogens with one attached hydrogen (secondary N) is 1. The molecule has 1 aromatic heterocycles. The van der Waals surface area contributed by atoms with Gasteiger partial charge in [-0.2, -0.15) is 0 Å². The molecule has 20 heavy (non-hydrogen) atoms. The topological polar surface area (TPSA) is 34.2 Å². The molecule has 1 unspecified atom stereocenters. The fourth-order valence-electron chi connectivity index (χ4n) is 2.32. The van der Waals surface area contributed by atoms with E-state index in [1.807, 2.05) is 25.0 Å². The lowest BCUT2D eigenvalue weighted by molar-refractivity contribution is 0.155. The monoisotopic (exact) mass is 263 g/mol. The Bertz CT molecular complexity index is 640. The fourth-order valence-corrected chi connectivity index (χ4v) is 2.32. The third-order valence-corrected chi connectivity index (χ3v) is 3.31. The lowest BCUT2D eigenvalue weighted by Gasteiger charge is -2.15. The van der Waals surface area contributed by atoms with Crippen LogP contribution < -0.4 is 10.8 Å². The molecule has 3 rings (SSSR count). The highest BCUT2D eigenvalue weighted by Gasteiger charge is 2.21. The first kappa shape index (κ1) is 12.8. The van der Waals surface area contributed by atoms with E-state index in [4.69, 9.17) is 4.74 Å². The van der Waals surface area contributed by atoms with Gasteiger partial charge in [-0.05, 0) is 19.1 Å². The van der Waals surface area contributed by atoms with Crippen molar-refractivity contribution in [2.24, 2.45) is 0 Å². The van der Waals surface area contributed by atoms with Crippen molar-refractivity contribution in [2.75, 3.05) is 0 Å². The van der Waals surface area contributed by atoms with Crippen LogP contribution in [0.1, 0.15) is 23.0 Å². The van der Waals surface area contributed by atoms with Crippen molar-refractivity contribution in [1.29, 1.82) is 0 Å². The summed E-state index contributed by atoms with van der Waals surface area (Å²) < 4.78 is 5.73. The van der Waals surface area contributed by atoms with Crippen LogP contribution in [0.5, 0.6) is 0 Å². The number of rotatable bonds is 3. The molecule has 2 aromatic rings. The fraction of sp³-hybridized carbons (Fsp3) is 0.188. The van der Waals surface area contributed by atoms with Crippen LogP contribution in [0.2, 0.25) is 6.82 Å². The van der Waals surface area contributed by atoms with E-state index in [0.717, 1.165) is 17.0 Å². The molecule has 1 aliphatic heterocycles. The van der Waals surface area contributed by atoms with E-state index in [-0.39, 0.29) is 6.23 Å². The van der Waals surface area contributed by atoms with Crippen LogP contribution >= 0.6 is 0 Å². The smallest absolute Gasteiger partial charge is 0.195 e. The van der Waals surface area contributed by atoms with Gasteiger partial charge in [0, 0.05) is 11.8 Å². The Morgan fingerprint density at radius 1 is 1.25 bits per heavy atom. The zero-order valence-electron chi connectivity index (χ0n) is 11.6. The van der Waals surface area contributed by atoms with E-state index in [0.29, 0.717) is 0 Å². The van der Waals surface area contributed by atoms with Crippen LogP contribution in [0.3, 0.4) is 0 Å². The molecule has 0 aliphatic carbocycles. The summed E-state index contributed by atoms with van der Waals surface area (Å²) in [6.45, 7) is 4.14. The van der Waals surface area contributed by atoms with Crippen molar-refractivity contribution >= 4 is 18.4 Å². The summed E-state index contributed by atoms with van der Waals surface area (Å²) in [7, 11) is 2.10. The van der Waals surface area contributed by atoms with E-state index in [2.05, 4.69) is 42.7 Å². The van der Waals surface area contributed by atoms with Crippen LogP contribution in [0.4, 0.5) is 0 Å². The number of hydrogen-bond acceptors (Lipinski definition) is 3. The third kappa shape index (κ3) is 2.55. The Morgan fingerprint density at radius 2 is 2.15 bits per heavy atom. The van der Waals surface area contributed by atoms with Crippen LogP contribution in [0.25, 0.3) is 5.70 Å². The Labute approximate surface area is 119 Å². The lowest BCUT2D eigenvalue weighted by atomic mass is 9.72. The maximum atomic E-state index is 5.73. The standard InChI is InChI=1S/C16H16BN2O/c1-11-7-12(9-13(8-11)17-2)16-19-15(10-20-16)14-5-3-4-6-18-14/h3-10,16,19H,1-2H3. The Hall–Kier alpha value is -2.23. The van der Waals surface area contributed by atoms with Crippen LogP contribution in [0.15, 0.2) is 48.9 Å². The molecule has 0 saturated heterocycles. The molecule has 0 fully saturated rings. The number of aryl methyl sites for hydroxylation is 1. The normalized spacial score (nSPS) is 17.1. The van der Waals surface area contributed by atoms with Gasteiger partial charge in [0.1, 0.15) is 13.5 Å². The second-order valence-electron chi connectivity index (χ2n) is 4.87. The van der Waals surface area contributed by atoms with E-state index < -0.39 is 0 Å². The summed E-state index contributed by atoms with van der Waals surface area (Å²) in [5, 5.41) is 3.36. The first-order valence-electron chi connectivity index (χ1n) is 6.71. The largest absolute Gasteiger partial charge is 0.472 e. The van der Waals surface area contributed by atoms with Crippen molar-refractivity contribution in [3.63, 3.8) is 0 Å². The number of ether oxygens (including phenoxy) is 1. The van der Waals surface area contributed by atoms with Gasteiger partial charge in [-0.1, -0.05) is 42.1 Å². The lowest BCUT2D eigenvalue weighted by Crippen LogP contribution is -2.19. The molecule has 3 nitrogen and oxygen atoms in total. The molecule has 2 heterocycles. The predicted octanol–water partition coefficient (Wildman–Crippen LogP) is 2.38. The van der Waals surface area contributed by atoms with Gasteiger partial charge in [0.15, 0.2) is 6.23 Å². The van der Waals surface area contributed by atoms with Crippen molar-refractivity contribution in [3.05, 3.63) is 65.7 Å². The average molecular weight is 263 g/mol. The minimum Gasteiger partial charge on any atom is -0.472 e. The molecule has 0 spiro atoms.